The third-order valence-corrected chi connectivity index (χ3v) is 13.0. The molecule has 3 heterocycles. The first-order chi connectivity index (χ1) is 22.5. The van der Waals surface area contributed by atoms with Crippen LogP contribution in [-0.4, -0.2) is 107 Å². The number of carbonyl (C=O) groups is 1. The number of nitrogens with zero attached hydrogens (tertiary/aromatic N) is 3. The zero-order valence-corrected chi connectivity index (χ0v) is 28.2. The van der Waals surface area contributed by atoms with E-state index in [2.05, 4.69) is 5.32 Å². The van der Waals surface area contributed by atoms with Crippen molar-refractivity contribution in [2.45, 2.75) is 47.6 Å². The smallest absolute Gasteiger partial charge is 0.243 e. The molecule has 3 aliphatic heterocycles. The first kappa shape index (κ1) is 33.7. The molecule has 252 valence electrons. The molecule has 3 saturated heterocycles. The van der Waals surface area contributed by atoms with E-state index in [0.717, 1.165) is 11.1 Å². The Morgan fingerprint density at radius 3 is 2.26 bits per heavy atom. The van der Waals surface area contributed by atoms with E-state index in [1.165, 1.54) is 16.4 Å². The summed E-state index contributed by atoms with van der Waals surface area (Å²) in [6, 6.07) is 22.8. The van der Waals surface area contributed by atoms with Crippen LogP contribution in [0.1, 0.15) is 24.0 Å². The molecule has 1 spiro atoms. The van der Waals surface area contributed by atoms with Gasteiger partial charge < -0.3 is 14.8 Å². The highest BCUT2D eigenvalue weighted by molar-refractivity contribution is 7.89. The van der Waals surface area contributed by atoms with Crippen molar-refractivity contribution in [3.63, 3.8) is 0 Å². The Morgan fingerprint density at radius 1 is 0.851 bits per heavy atom. The van der Waals surface area contributed by atoms with Gasteiger partial charge in [-0.15, -0.1) is 0 Å². The van der Waals surface area contributed by atoms with E-state index in [9.17, 15) is 21.6 Å². The van der Waals surface area contributed by atoms with Crippen LogP contribution in [0.5, 0.6) is 0 Å². The van der Waals surface area contributed by atoms with Crippen LogP contribution in [0, 0.1) is 6.92 Å². The molecule has 47 heavy (non-hydrogen) atoms. The highest BCUT2D eigenvalue weighted by Gasteiger charge is 2.47. The molecule has 0 bridgehead atoms. The molecule has 3 aromatic carbocycles. The SMILES string of the molecule is Cc1ccc(S(=O)(=O)N2CC3(CCN(CC(=O)Nc4cccc(S(=O)(=O)N5CCOCC5)c4)CC3)OC[C@H]2Cc2ccccc2)cc1. The molecule has 0 radical (unpaired) electrons. The predicted molar refractivity (Wildman–Crippen MR) is 178 cm³/mol. The zero-order chi connectivity index (χ0) is 33.1. The van der Waals surface area contributed by atoms with Crippen LogP contribution in [0.3, 0.4) is 0 Å². The van der Waals surface area contributed by atoms with E-state index in [-0.39, 0.29) is 41.4 Å². The Morgan fingerprint density at radius 2 is 1.55 bits per heavy atom. The van der Waals surface area contributed by atoms with Gasteiger partial charge in [0.15, 0.2) is 0 Å². The van der Waals surface area contributed by atoms with Gasteiger partial charge in [0.2, 0.25) is 26.0 Å². The number of hydrogen-bond acceptors (Lipinski definition) is 8. The monoisotopic (exact) mass is 682 g/mol. The van der Waals surface area contributed by atoms with Gasteiger partial charge in [-0.1, -0.05) is 54.1 Å². The Labute approximate surface area is 277 Å². The number of amides is 1. The second kappa shape index (κ2) is 14.1. The Kier molecular flexibility index (Phi) is 10.1. The van der Waals surface area contributed by atoms with Crippen LogP contribution in [-0.2, 0) is 40.7 Å². The lowest BCUT2D eigenvalue weighted by atomic mass is 9.88. The van der Waals surface area contributed by atoms with Crippen LogP contribution in [0.15, 0.2) is 88.7 Å². The fourth-order valence-corrected chi connectivity index (χ4v) is 9.62. The minimum absolute atomic E-state index is 0.124. The molecule has 6 rings (SSSR count). The molecular weight excluding hydrogens is 641 g/mol. The summed E-state index contributed by atoms with van der Waals surface area (Å²) in [5, 5.41) is 2.85. The molecule has 3 aliphatic rings. The summed E-state index contributed by atoms with van der Waals surface area (Å²) in [6.07, 6.45) is 1.69. The number of anilines is 1. The van der Waals surface area contributed by atoms with Gasteiger partial charge in [0.25, 0.3) is 0 Å². The lowest BCUT2D eigenvalue weighted by Crippen LogP contribution is -2.62. The summed E-state index contributed by atoms with van der Waals surface area (Å²) in [5.41, 5.74) is 1.80. The van der Waals surface area contributed by atoms with Crippen molar-refractivity contribution < 1.29 is 31.1 Å². The largest absolute Gasteiger partial charge is 0.379 e. The standard InChI is InChI=1S/C34H42N4O7S2/c1-27-10-12-31(13-11-27)47(42,43)38-26-34(45-25-30(38)22-28-6-3-2-4-7-28)14-16-36(17-15-34)24-33(39)35-29-8-5-9-32(23-29)46(40,41)37-18-20-44-21-19-37/h2-13,23,30H,14-22,24-26H2,1H3,(H,35,39)/t30-/m1/s1. The van der Waals surface area contributed by atoms with Crippen molar-refractivity contribution in [3.05, 3.63) is 90.0 Å². The third kappa shape index (κ3) is 7.78. The van der Waals surface area contributed by atoms with Crippen LogP contribution in [0.4, 0.5) is 5.69 Å². The molecule has 1 amide bonds. The normalized spacial score (nSPS) is 21.4. The summed E-state index contributed by atoms with van der Waals surface area (Å²) >= 11 is 0. The number of sulfonamides is 2. The molecule has 11 nitrogen and oxygen atoms in total. The first-order valence-corrected chi connectivity index (χ1v) is 18.9. The molecule has 0 saturated carbocycles. The number of aryl methyl sites for hydroxylation is 1. The highest BCUT2D eigenvalue weighted by atomic mass is 32.2. The molecule has 1 atom stereocenters. The number of carbonyl (C=O) groups excluding carboxylic acids is 1. The molecular formula is C34H42N4O7S2. The quantitative estimate of drug-likeness (QED) is 0.365. The molecule has 3 aromatic rings. The summed E-state index contributed by atoms with van der Waals surface area (Å²) in [7, 11) is -7.48. The van der Waals surface area contributed by atoms with E-state index in [4.69, 9.17) is 9.47 Å². The lowest BCUT2D eigenvalue weighted by molar-refractivity contribution is -0.139. The Hall–Kier alpha value is -3.17. The summed E-state index contributed by atoms with van der Waals surface area (Å²) < 4.78 is 69.1. The van der Waals surface area contributed by atoms with Gasteiger partial charge in [-0.2, -0.15) is 8.61 Å². The van der Waals surface area contributed by atoms with Gasteiger partial charge in [-0.25, -0.2) is 16.8 Å². The minimum atomic E-state index is -3.79. The Bertz CT molecular complexity index is 1760. The topological polar surface area (TPSA) is 126 Å². The van der Waals surface area contributed by atoms with Crippen LogP contribution >= 0.6 is 0 Å². The van der Waals surface area contributed by atoms with Gasteiger partial charge >= 0.3 is 0 Å². The van der Waals surface area contributed by atoms with E-state index >= 15 is 0 Å². The van der Waals surface area contributed by atoms with Crippen LogP contribution in [0.2, 0.25) is 0 Å². The minimum Gasteiger partial charge on any atom is -0.379 e. The van der Waals surface area contributed by atoms with Crippen molar-refractivity contribution in [1.29, 1.82) is 0 Å². The molecule has 1 N–H and O–H groups in total. The van der Waals surface area contributed by atoms with Gasteiger partial charge in [0.05, 0.1) is 47.8 Å². The number of piperidine rings is 1. The van der Waals surface area contributed by atoms with E-state index in [1.807, 2.05) is 54.3 Å². The van der Waals surface area contributed by atoms with Gasteiger partial charge in [-0.3, -0.25) is 9.69 Å². The van der Waals surface area contributed by atoms with Crippen molar-refractivity contribution in [2.75, 3.05) is 64.4 Å². The van der Waals surface area contributed by atoms with Crippen molar-refractivity contribution in [2.24, 2.45) is 0 Å². The van der Waals surface area contributed by atoms with Crippen molar-refractivity contribution >= 4 is 31.6 Å². The average Bonchev–Trinajstić information content (AvgIpc) is 3.08. The van der Waals surface area contributed by atoms with Gasteiger partial charge in [0.1, 0.15) is 0 Å². The number of ether oxygens (including phenoxy) is 2. The average molecular weight is 683 g/mol. The number of likely N-dealkylation sites (tertiary alicyclic amines) is 1. The third-order valence-electron chi connectivity index (χ3n) is 9.24. The van der Waals surface area contributed by atoms with E-state index in [0.29, 0.717) is 64.3 Å². The Balaban J connectivity index is 1.10. The first-order valence-electron chi connectivity index (χ1n) is 16.0. The highest BCUT2D eigenvalue weighted by Crippen LogP contribution is 2.36. The lowest BCUT2D eigenvalue weighted by Gasteiger charge is -2.49. The molecule has 0 unspecified atom stereocenters. The molecule has 3 fully saturated rings. The predicted octanol–water partition coefficient (Wildman–Crippen LogP) is 3.12. The number of morpholine rings is 2. The summed E-state index contributed by atoms with van der Waals surface area (Å²) in [4.78, 5) is 15.5. The van der Waals surface area contributed by atoms with Crippen LogP contribution < -0.4 is 5.32 Å². The van der Waals surface area contributed by atoms with Gasteiger partial charge in [0, 0.05) is 38.4 Å². The van der Waals surface area contributed by atoms with E-state index in [1.54, 1.807) is 28.6 Å². The van der Waals surface area contributed by atoms with E-state index < -0.39 is 25.6 Å². The zero-order valence-electron chi connectivity index (χ0n) is 26.6. The van der Waals surface area contributed by atoms with Crippen molar-refractivity contribution in [1.82, 2.24) is 13.5 Å². The second-order valence-corrected chi connectivity index (χ2v) is 16.4. The fourth-order valence-electron chi connectivity index (χ4n) is 6.48. The maximum atomic E-state index is 14.0. The van der Waals surface area contributed by atoms with Gasteiger partial charge in [-0.05, 0) is 62.1 Å². The number of hydrogen-bond donors (Lipinski definition) is 1. The molecule has 13 heteroatoms. The maximum Gasteiger partial charge on any atom is 0.243 e. The summed E-state index contributed by atoms with van der Waals surface area (Å²) in [6.45, 7) is 4.99. The fraction of sp³-hybridized carbons (Fsp3) is 0.441. The number of benzene rings is 3. The number of rotatable bonds is 9. The summed E-state index contributed by atoms with van der Waals surface area (Å²) in [5.74, 6) is -0.252. The maximum absolute atomic E-state index is 14.0. The molecule has 0 aliphatic carbocycles. The van der Waals surface area contributed by atoms with Crippen LogP contribution in [0.25, 0.3) is 0 Å². The molecule has 0 aromatic heterocycles. The second-order valence-electron chi connectivity index (χ2n) is 12.6. The van der Waals surface area contributed by atoms with Crippen molar-refractivity contribution in [3.8, 4) is 0 Å². The number of nitrogens with one attached hydrogen (secondary N) is 1.